The van der Waals surface area contributed by atoms with Crippen LogP contribution in [0.2, 0.25) is 5.02 Å². The fourth-order valence-electron chi connectivity index (χ4n) is 1.57. The highest BCUT2D eigenvalue weighted by atomic mass is 35.5. The lowest BCUT2D eigenvalue weighted by Crippen LogP contribution is -1.97. The van der Waals surface area contributed by atoms with E-state index in [1.807, 2.05) is 43.4 Å². The van der Waals surface area contributed by atoms with Crippen LogP contribution in [0.25, 0.3) is 0 Å². The summed E-state index contributed by atoms with van der Waals surface area (Å²) in [6.07, 6.45) is 1.77. The summed E-state index contributed by atoms with van der Waals surface area (Å²) in [5, 5.41) is 3.74. The monoisotopic (exact) mass is 262 g/mol. The summed E-state index contributed by atoms with van der Waals surface area (Å²) in [5.74, 6) is 0.850. The Labute approximate surface area is 112 Å². The second kappa shape index (κ2) is 6.38. The first-order valence-corrected chi connectivity index (χ1v) is 6.10. The van der Waals surface area contributed by atoms with E-state index in [9.17, 15) is 0 Å². The number of nitrogens with one attached hydrogen (secondary N) is 1. The SMILES string of the molecule is CNc1cc(COCc2ccc(Cl)cc2)ccn1. The Kier molecular flexibility index (Phi) is 4.56. The van der Waals surface area contributed by atoms with Gasteiger partial charge >= 0.3 is 0 Å². The van der Waals surface area contributed by atoms with Gasteiger partial charge in [0.05, 0.1) is 13.2 Å². The van der Waals surface area contributed by atoms with Gasteiger partial charge in [-0.2, -0.15) is 0 Å². The number of anilines is 1. The smallest absolute Gasteiger partial charge is 0.125 e. The molecule has 0 fully saturated rings. The van der Waals surface area contributed by atoms with E-state index in [4.69, 9.17) is 16.3 Å². The Bertz CT molecular complexity index is 499. The number of nitrogens with zero attached hydrogens (tertiary/aromatic N) is 1. The number of benzene rings is 1. The number of pyridine rings is 1. The van der Waals surface area contributed by atoms with Crippen molar-refractivity contribution in [1.29, 1.82) is 0 Å². The predicted octanol–water partition coefficient (Wildman–Crippen LogP) is 3.49. The van der Waals surface area contributed by atoms with E-state index in [0.717, 1.165) is 22.0 Å². The Morgan fingerprint density at radius 2 is 1.83 bits per heavy atom. The number of halogens is 1. The van der Waals surface area contributed by atoms with Gasteiger partial charge in [-0.1, -0.05) is 23.7 Å². The van der Waals surface area contributed by atoms with Crippen LogP contribution in [0.15, 0.2) is 42.6 Å². The van der Waals surface area contributed by atoms with Crippen LogP contribution in [0.4, 0.5) is 5.82 Å². The Morgan fingerprint density at radius 3 is 2.56 bits per heavy atom. The van der Waals surface area contributed by atoms with Crippen molar-refractivity contribution in [3.05, 3.63) is 58.7 Å². The van der Waals surface area contributed by atoms with E-state index < -0.39 is 0 Å². The zero-order valence-electron chi connectivity index (χ0n) is 10.2. The van der Waals surface area contributed by atoms with Gasteiger partial charge in [0.25, 0.3) is 0 Å². The molecule has 0 bridgehead atoms. The van der Waals surface area contributed by atoms with Crippen molar-refractivity contribution in [3.8, 4) is 0 Å². The van der Waals surface area contributed by atoms with Gasteiger partial charge in [0.15, 0.2) is 0 Å². The van der Waals surface area contributed by atoms with Crippen molar-refractivity contribution in [2.24, 2.45) is 0 Å². The third kappa shape index (κ3) is 3.72. The molecule has 0 aliphatic rings. The van der Waals surface area contributed by atoms with E-state index in [0.29, 0.717) is 13.2 Å². The zero-order chi connectivity index (χ0) is 12.8. The summed E-state index contributed by atoms with van der Waals surface area (Å²) in [6, 6.07) is 11.6. The van der Waals surface area contributed by atoms with Crippen molar-refractivity contribution in [2.75, 3.05) is 12.4 Å². The van der Waals surface area contributed by atoms with Crippen LogP contribution < -0.4 is 5.32 Å². The first-order chi connectivity index (χ1) is 8.78. The fourth-order valence-corrected chi connectivity index (χ4v) is 1.69. The van der Waals surface area contributed by atoms with Crippen LogP contribution in [0, 0.1) is 0 Å². The molecular formula is C14H15ClN2O. The minimum Gasteiger partial charge on any atom is -0.373 e. The molecule has 1 N–H and O–H groups in total. The van der Waals surface area contributed by atoms with Crippen molar-refractivity contribution in [2.45, 2.75) is 13.2 Å². The van der Waals surface area contributed by atoms with Crippen molar-refractivity contribution < 1.29 is 4.74 Å². The molecule has 0 saturated heterocycles. The average Bonchev–Trinajstić information content (AvgIpc) is 2.41. The topological polar surface area (TPSA) is 34.1 Å². The largest absolute Gasteiger partial charge is 0.373 e. The van der Waals surface area contributed by atoms with Crippen LogP contribution in [0.3, 0.4) is 0 Å². The van der Waals surface area contributed by atoms with E-state index in [1.165, 1.54) is 0 Å². The maximum absolute atomic E-state index is 5.82. The number of aromatic nitrogens is 1. The van der Waals surface area contributed by atoms with E-state index in [1.54, 1.807) is 6.20 Å². The molecule has 3 nitrogen and oxygen atoms in total. The molecule has 1 heterocycles. The second-order valence-corrected chi connectivity index (χ2v) is 4.36. The molecule has 0 aliphatic carbocycles. The van der Waals surface area contributed by atoms with Crippen LogP contribution in [0.1, 0.15) is 11.1 Å². The third-order valence-electron chi connectivity index (χ3n) is 2.53. The van der Waals surface area contributed by atoms with Gasteiger partial charge in [0.2, 0.25) is 0 Å². The Balaban J connectivity index is 1.86. The molecule has 0 spiro atoms. The van der Waals surface area contributed by atoms with Gasteiger partial charge in [-0.05, 0) is 35.4 Å². The van der Waals surface area contributed by atoms with E-state index in [2.05, 4.69) is 10.3 Å². The predicted molar refractivity (Wildman–Crippen MR) is 73.7 cm³/mol. The summed E-state index contributed by atoms with van der Waals surface area (Å²) >= 11 is 5.82. The van der Waals surface area contributed by atoms with Crippen molar-refractivity contribution in [1.82, 2.24) is 4.98 Å². The molecule has 0 radical (unpaired) electrons. The molecule has 1 aromatic carbocycles. The van der Waals surface area contributed by atoms with Gasteiger partial charge in [-0.15, -0.1) is 0 Å². The normalized spacial score (nSPS) is 10.3. The molecule has 0 amide bonds. The fraction of sp³-hybridized carbons (Fsp3) is 0.214. The second-order valence-electron chi connectivity index (χ2n) is 3.92. The molecule has 0 unspecified atom stereocenters. The average molecular weight is 263 g/mol. The highest BCUT2D eigenvalue weighted by Crippen LogP contribution is 2.12. The summed E-state index contributed by atoms with van der Waals surface area (Å²) in [6.45, 7) is 1.15. The van der Waals surface area contributed by atoms with Gasteiger partial charge < -0.3 is 10.1 Å². The quantitative estimate of drug-likeness (QED) is 0.896. The summed E-state index contributed by atoms with van der Waals surface area (Å²) in [7, 11) is 1.85. The van der Waals surface area contributed by atoms with Crippen molar-refractivity contribution >= 4 is 17.4 Å². The molecule has 0 saturated carbocycles. The highest BCUT2D eigenvalue weighted by molar-refractivity contribution is 6.30. The molecule has 4 heteroatoms. The highest BCUT2D eigenvalue weighted by Gasteiger charge is 1.97. The number of ether oxygens (including phenoxy) is 1. The first-order valence-electron chi connectivity index (χ1n) is 5.73. The standard InChI is InChI=1S/C14H15ClN2O/c1-16-14-8-12(6-7-17-14)10-18-9-11-2-4-13(15)5-3-11/h2-8H,9-10H2,1H3,(H,16,17). The van der Waals surface area contributed by atoms with Crippen LogP contribution >= 0.6 is 11.6 Å². The van der Waals surface area contributed by atoms with Crippen LogP contribution in [-0.2, 0) is 18.0 Å². The minimum atomic E-state index is 0.569. The molecule has 2 rings (SSSR count). The number of rotatable bonds is 5. The molecule has 1 aromatic heterocycles. The van der Waals surface area contributed by atoms with E-state index in [-0.39, 0.29) is 0 Å². The van der Waals surface area contributed by atoms with E-state index >= 15 is 0 Å². The molecule has 0 aliphatic heterocycles. The molecule has 2 aromatic rings. The maximum atomic E-state index is 5.82. The summed E-state index contributed by atoms with van der Waals surface area (Å²) in [4.78, 5) is 4.15. The first kappa shape index (κ1) is 12.9. The molecular weight excluding hydrogens is 248 g/mol. The number of hydrogen-bond donors (Lipinski definition) is 1. The molecule has 0 atom stereocenters. The molecule has 94 valence electrons. The van der Waals surface area contributed by atoms with Gasteiger partial charge in [-0.25, -0.2) is 4.98 Å². The Hall–Kier alpha value is -1.58. The maximum Gasteiger partial charge on any atom is 0.125 e. The van der Waals surface area contributed by atoms with Gasteiger partial charge in [0.1, 0.15) is 5.82 Å². The third-order valence-corrected chi connectivity index (χ3v) is 2.78. The molecule has 18 heavy (non-hydrogen) atoms. The lowest BCUT2D eigenvalue weighted by molar-refractivity contribution is 0.107. The van der Waals surface area contributed by atoms with Gasteiger partial charge in [-0.3, -0.25) is 0 Å². The van der Waals surface area contributed by atoms with Crippen LogP contribution in [0.5, 0.6) is 0 Å². The number of hydrogen-bond acceptors (Lipinski definition) is 3. The lowest BCUT2D eigenvalue weighted by Gasteiger charge is -2.06. The minimum absolute atomic E-state index is 0.569. The van der Waals surface area contributed by atoms with Crippen molar-refractivity contribution in [3.63, 3.8) is 0 Å². The van der Waals surface area contributed by atoms with Crippen LogP contribution in [-0.4, -0.2) is 12.0 Å². The Morgan fingerprint density at radius 1 is 1.11 bits per heavy atom. The zero-order valence-corrected chi connectivity index (χ0v) is 10.9. The lowest BCUT2D eigenvalue weighted by atomic mass is 10.2. The van der Waals surface area contributed by atoms with Gasteiger partial charge in [0, 0.05) is 18.3 Å². The summed E-state index contributed by atoms with van der Waals surface area (Å²) in [5.41, 5.74) is 2.21. The summed E-state index contributed by atoms with van der Waals surface area (Å²) < 4.78 is 5.65.